The maximum absolute atomic E-state index is 11.2. The molecule has 0 aliphatic rings. The van der Waals surface area contributed by atoms with Crippen LogP contribution in [0.15, 0.2) is 9.59 Å². The van der Waals surface area contributed by atoms with Crippen molar-refractivity contribution in [1.82, 2.24) is 15.3 Å². The third-order valence-electron chi connectivity index (χ3n) is 1.44. The average Bonchev–Trinajstić information content (AvgIpc) is 2.10. The molecule has 1 aromatic rings. The Labute approximate surface area is 83.7 Å². The molecular formula is C6H9N5O2S. The minimum atomic E-state index is -0.659. The largest absolute Gasteiger partial charge is 0.383 e. The van der Waals surface area contributed by atoms with Gasteiger partial charge in [-0.05, 0) is 12.2 Å². The third-order valence-corrected chi connectivity index (χ3v) is 1.74. The van der Waals surface area contributed by atoms with Crippen molar-refractivity contribution in [2.45, 2.75) is 0 Å². The van der Waals surface area contributed by atoms with Gasteiger partial charge >= 0.3 is 5.69 Å². The fourth-order valence-corrected chi connectivity index (χ4v) is 0.906. The van der Waals surface area contributed by atoms with Crippen LogP contribution in [0.25, 0.3) is 0 Å². The number of hydrogen-bond acceptors (Lipinski definition) is 4. The van der Waals surface area contributed by atoms with Gasteiger partial charge in [-0.1, -0.05) is 0 Å². The van der Waals surface area contributed by atoms with Gasteiger partial charge < -0.3 is 16.4 Å². The quantitative estimate of drug-likeness (QED) is 0.366. The Morgan fingerprint density at radius 2 is 2.07 bits per heavy atom. The number of aromatic nitrogens is 2. The van der Waals surface area contributed by atoms with Gasteiger partial charge in [-0.3, -0.25) is 14.8 Å². The van der Waals surface area contributed by atoms with Gasteiger partial charge in [0.25, 0.3) is 5.56 Å². The Balaban J connectivity index is 3.16. The molecule has 0 bridgehead atoms. The van der Waals surface area contributed by atoms with Crippen LogP contribution >= 0.6 is 12.2 Å². The number of anilines is 2. The molecule has 0 aromatic carbocycles. The zero-order valence-electron chi connectivity index (χ0n) is 7.30. The summed E-state index contributed by atoms with van der Waals surface area (Å²) in [6.07, 6.45) is 0. The van der Waals surface area contributed by atoms with Crippen LogP contribution in [0.3, 0.4) is 0 Å². The number of hydrogen-bond donors (Lipinski definition) is 5. The summed E-state index contributed by atoms with van der Waals surface area (Å²) in [5.74, 6) is -0.0589. The van der Waals surface area contributed by atoms with Crippen molar-refractivity contribution in [2.75, 3.05) is 18.1 Å². The van der Waals surface area contributed by atoms with Crippen molar-refractivity contribution in [3.63, 3.8) is 0 Å². The molecule has 0 aliphatic heterocycles. The van der Waals surface area contributed by atoms with Gasteiger partial charge in [0.1, 0.15) is 11.5 Å². The number of aromatic amines is 2. The molecule has 8 heteroatoms. The molecule has 0 amide bonds. The summed E-state index contributed by atoms with van der Waals surface area (Å²) >= 11 is 4.77. The number of nitrogen functional groups attached to an aromatic ring is 1. The molecule has 14 heavy (non-hydrogen) atoms. The first-order valence-electron chi connectivity index (χ1n) is 3.65. The molecule has 6 N–H and O–H groups in total. The molecule has 76 valence electrons. The summed E-state index contributed by atoms with van der Waals surface area (Å²) in [7, 11) is 1.59. The van der Waals surface area contributed by atoms with Gasteiger partial charge in [0.2, 0.25) is 0 Å². The molecule has 0 radical (unpaired) electrons. The first-order chi connectivity index (χ1) is 6.54. The van der Waals surface area contributed by atoms with E-state index < -0.39 is 11.2 Å². The summed E-state index contributed by atoms with van der Waals surface area (Å²) in [4.78, 5) is 26.2. The van der Waals surface area contributed by atoms with Gasteiger partial charge in [0, 0.05) is 7.05 Å². The van der Waals surface area contributed by atoms with E-state index in [9.17, 15) is 9.59 Å². The van der Waals surface area contributed by atoms with Crippen molar-refractivity contribution < 1.29 is 0 Å². The Morgan fingerprint density at radius 1 is 1.43 bits per heavy atom. The molecular weight excluding hydrogens is 206 g/mol. The van der Waals surface area contributed by atoms with Gasteiger partial charge in [0.05, 0.1) is 0 Å². The van der Waals surface area contributed by atoms with Gasteiger partial charge in [-0.2, -0.15) is 0 Å². The monoisotopic (exact) mass is 215 g/mol. The summed E-state index contributed by atoms with van der Waals surface area (Å²) in [6, 6.07) is 0. The topological polar surface area (TPSA) is 116 Å². The van der Waals surface area contributed by atoms with Crippen LogP contribution in [0.1, 0.15) is 0 Å². The minimum Gasteiger partial charge on any atom is -0.383 e. The first kappa shape index (κ1) is 10.3. The number of thiocarbonyl (C=S) groups is 1. The summed E-state index contributed by atoms with van der Waals surface area (Å²) in [5, 5.41) is 5.37. The van der Waals surface area contributed by atoms with E-state index in [-0.39, 0.29) is 16.6 Å². The fourth-order valence-electron chi connectivity index (χ4n) is 0.804. The number of nitrogens with one attached hydrogen (secondary N) is 4. The molecule has 0 spiro atoms. The third kappa shape index (κ3) is 2.10. The second-order valence-electron chi connectivity index (χ2n) is 2.40. The zero-order chi connectivity index (χ0) is 10.7. The highest BCUT2D eigenvalue weighted by molar-refractivity contribution is 7.80. The summed E-state index contributed by atoms with van der Waals surface area (Å²) in [6.45, 7) is 0. The second-order valence-corrected chi connectivity index (χ2v) is 2.81. The molecule has 7 nitrogen and oxygen atoms in total. The van der Waals surface area contributed by atoms with Crippen LogP contribution in [-0.4, -0.2) is 22.1 Å². The van der Waals surface area contributed by atoms with Crippen LogP contribution in [0.4, 0.5) is 11.5 Å². The van der Waals surface area contributed by atoms with E-state index in [1.165, 1.54) is 0 Å². The minimum absolute atomic E-state index is 0.0175. The van der Waals surface area contributed by atoms with Crippen molar-refractivity contribution in [3.05, 3.63) is 20.8 Å². The number of rotatable bonds is 1. The molecule has 0 aliphatic carbocycles. The molecule has 1 heterocycles. The van der Waals surface area contributed by atoms with Crippen LogP contribution in [0.5, 0.6) is 0 Å². The SMILES string of the molecule is CNC(=S)Nc1c(N)[nH]c(=O)[nH]c1=O. The lowest BCUT2D eigenvalue weighted by atomic mass is 10.5. The van der Waals surface area contributed by atoms with E-state index >= 15 is 0 Å². The Kier molecular flexibility index (Phi) is 2.87. The Morgan fingerprint density at radius 3 is 2.57 bits per heavy atom. The molecule has 0 saturated heterocycles. The van der Waals surface area contributed by atoms with Crippen LogP contribution in [0, 0.1) is 0 Å². The number of nitrogens with two attached hydrogens (primary N) is 1. The fraction of sp³-hybridized carbons (Fsp3) is 0.167. The molecule has 0 saturated carbocycles. The lowest BCUT2D eigenvalue weighted by Crippen LogP contribution is -2.32. The first-order valence-corrected chi connectivity index (χ1v) is 4.06. The van der Waals surface area contributed by atoms with E-state index in [0.29, 0.717) is 0 Å². The van der Waals surface area contributed by atoms with Crippen LogP contribution in [-0.2, 0) is 0 Å². The van der Waals surface area contributed by atoms with Gasteiger partial charge in [-0.15, -0.1) is 0 Å². The molecule has 0 atom stereocenters. The normalized spacial score (nSPS) is 9.50. The van der Waals surface area contributed by atoms with Gasteiger partial charge in [0.15, 0.2) is 5.11 Å². The standard InChI is InChI=1S/C6H9N5O2S/c1-8-6(14)9-2-3(7)10-5(13)11-4(2)12/h1H3,(H2,8,9,14)(H4,7,10,11,12,13). The summed E-state index contributed by atoms with van der Waals surface area (Å²) in [5.41, 5.74) is 4.14. The smallest absolute Gasteiger partial charge is 0.327 e. The maximum Gasteiger partial charge on any atom is 0.327 e. The molecule has 1 aromatic heterocycles. The zero-order valence-corrected chi connectivity index (χ0v) is 8.12. The molecule has 0 unspecified atom stereocenters. The van der Waals surface area contributed by atoms with E-state index in [1.807, 2.05) is 4.98 Å². The average molecular weight is 215 g/mol. The second kappa shape index (κ2) is 3.92. The molecule has 1 rings (SSSR count). The van der Waals surface area contributed by atoms with Crippen molar-refractivity contribution in [2.24, 2.45) is 0 Å². The van der Waals surface area contributed by atoms with E-state index in [0.717, 1.165) is 0 Å². The summed E-state index contributed by atoms with van der Waals surface area (Å²) < 4.78 is 0. The molecule has 0 fully saturated rings. The van der Waals surface area contributed by atoms with Crippen molar-refractivity contribution in [3.8, 4) is 0 Å². The highest BCUT2D eigenvalue weighted by Crippen LogP contribution is 2.04. The highest BCUT2D eigenvalue weighted by Gasteiger charge is 2.06. The number of H-pyrrole nitrogens is 2. The van der Waals surface area contributed by atoms with Crippen molar-refractivity contribution >= 4 is 28.8 Å². The Bertz CT molecular complexity index is 462. The van der Waals surface area contributed by atoms with Crippen molar-refractivity contribution in [1.29, 1.82) is 0 Å². The van der Waals surface area contributed by atoms with Gasteiger partial charge in [-0.25, -0.2) is 4.79 Å². The maximum atomic E-state index is 11.2. The highest BCUT2D eigenvalue weighted by atomic mass is 32.1. The predicted octanol–water partition coefficient (Wildman–Crippen LogP) is -1.44. The van der Waals surface area contributed by atoms with E-state index in [4.69, 9.17) is 18.0 Å². The lowest BCUT2D eigenvalue weighted by molar-refractivity contribution is 1.05. The van der Waals surface area contributed by atoms with Crippen LogP contribution in [0.2, 0.25) is 0 Å². The van der Waals surface area contributed by atoms with Crippen LogP contribution < -0.4 is 27.6 Å². The Hall–Kier alpha value is -1.83. The lowest BCUT2D eigenvalue weighted by Gasteiger charge is -2.07. The van der Waals surface area contributed by atoms with E-state index in [1.54, 1.807) is 7.05 Å². The van der Waals surface area contributed by atoms with E-state index in [2.05, 4.69) is 15.6 Å². The predicted molar refractivity (Wildman–Crippen MR) is 57.4 cm³/mol.